The number of phosphoric acid groups is 2. The van der Waals surface area contributed by atoms with Gasteiger partial charge in [-0.2, -0.15) is 14.3 Å². The lowest BCUT2D eigenvalue weighted by molar-refractivity contribution is -0.0923. The number of halogens is 1. The monoisotopic (exact) mass is 494 g/mol. The number of hydrogen-bond acceptors (Lipinski definition) is 11. The van der Waals surface area contributed by atoms with Crippen molar-refractivity contribution in [2.24, 2.45) is 0 Å². The molecule has 1 saturated carbocycles. The molecule has 32 heavy (non-hydrogen) atoms. The van der Waals surface area contributed by atoms with E-state index < -0.39 is 45.4 Å². The van der Waals surface area contributed by atoms with E-state index in [0.717, 1.165) is 10.9 Å². The highest BCUT2D eigenvalue weighted by molar-refractivity contribution is 7.60. The lowest BCUT2D eigenvalue weighted by atomic mass is 9.96. The Hall–Kier alpha value is -2.18. The number of terminal acetylenes is 1. The van der Waals surface area contributed by atoms with E-state index in [-0.39, 0.29) is 17.1 Å². The SMILES string of the molecule is C#C[C@]1(F)[C@H](n2cnc3c(N(C)C)nc(N)nc32)O[C@@H]2C(OP(=O)(O)OP(=O)(O)O)[C@@]21O. The van der Waals surface area contributed by atoms with Crippen LogP contribution in [0.25, 0.3) is 11.2 Å². The maximum absolute atomic E-state index is 15.9. The molecule has 2 unspecified atom stereocenters. The van der Waals surface area contributed by atoms with E-state index in [1.54, 1.807) is 24.9 Å². The standard InChI is InChI=1S/C14H17FN6O9P2/c1-4-13(15)11(21-5-17-6-9(20(2)3)18-12(16)19-10(6)21)28-7-8(14(7,13)22)29-32(26,27)30-31(23,24)25/h1,5,7-8,11,22H,2-3H3,(H,26,27)(H2,16,18,19)(H2,23,24,25)/t7-,8?,11-,13+,14+/m1/s1. The van der Waals surface area contributed by atoms with Gasteiger partial charge in [0.2, 0.25) is 11.6 Å². The summed E-state index contributed by atoms with van der Waals surface area (Å²) in [5, 5.41) is 10.8. The number of nitrogen functional groups attached to an aromatic ring is 1. The molecule has 0 spiro atoms. The van der Waals surface area contributed by atoms with Gasteiger partial charge in [-0.1, -0.05) is 5.92 Å². The number of fused-ring (bicyclic) bond motifs is 2. The van der Waals surface area contributed by atoms with Crippen LogP contribution in [0.1, 0.15) is 6.23 Å². The van der Waals surface area contributed by atoms with Gasteiger partial charge in [0.1, 0.15) is 12.2 Å². The predicted molar refractivity (Wildman–Crippen MR) is 103 cm³/mol. The number of alkyl halides is 1. The van der Waals surface area contributed by atoms with Crippen molar-refractivity contribution < 1.29 is 46.9 Å². The summed E-state index contributed by atoms with van der Waals surface area (Å²) in [6.45, 7) is 0. The number of nitrogens with zero attached hydrogens (tertiary/aromatic N) is 5. The molecule has 18 heteroatoms. The zero-order chi connectivity index (χ0) is 23.9. The molecule has 2 aromatic heterocycles. The van der Waals surface area contributed by atoms with E-state index >= 15 is 4.39 Å². The van der Waals surface area contributed by atoms with Crippen LogP contribution in [0.4, 0.5) is 16.2 Å². The second-order valence-corrected chi connectivity index (χ2v) is 10.1. The summed E-state index contributed by atoms with van der Waals surface area (Å²) in [5.41, 5.74) is 0.282. The summed E-state index contributed by atoms with van der Waals surface area (Å²) in [6, 6.07) is 0. The van der Waals surface area contributed by atoms with E-state index in [0.29, 0.717) is 5.82 Å². The molecule has 4 rings (SSSR count). The van der Waals surface area contributed by atoms with Gasteiger partial charge >= 0.3 is 15.6 Å². The molecule has 0 radical (unpaired) electrons. The molecule has 1 saturated heterocycles. The zero-order valence-electron chi connectivity index (χ0n) is 16.3. The van der Waals surface area contributed by atoms with Gasteiger partial charge in [-0.3, -0.25) is 9.09 Å². The Morgan fingerprint density at radius 2 is 2.03 bits per heavy atom. The average Bonchev–Trinajstić information content (AvgIpc) is 2.95. The van der Waals surface area contributed by atoms with Crippen molar-refractivity contribution in [2.75, 3.05) is 24.7 Å². The second-order valence-electron chi connectivity index (χ2n) is 7.28. The largest absolute Gasteiger partial charge is 0.481 e. The Morgan fingerprint density at radius 3 is 2.59 bits per heavy atom. The third kappa shape index (κ3) is 3.30. The maximum atomic E-state index is 15.9. The first kappa shape index (κ1) is 23.0. The smallest absolute Gasteiger partial charge is 0.380 e. The van der Waals surface area contributed by atoms with Crippen molar-refractivity contribution in [3.05, 3.63) is 6.33 Å². The highest BCUT2D eigenvalue weighted by Crippen LogP contribution is 2.68. The van der Waals surface area contributed by atoms with Crippen LogP contribution >= 0.6 is 15.6 Å². The number of aromatic nitrogens is 4. The minimum Gasteiger partial charge on any atom is -0.380 e. The Balaban J connectivity index is 1.69. The number of ether oxygens (including phenoxy) is 1. The first-order valence-corrected chi connectivity index (χ1v) is 11.7. The van der Waals surface area contributed by atoms with Crippen LogP contribution in [0.3, 0.4) is 0 Å². The Kier molecular flexibility index (Phi) is 4.96. The number of nitrogens with two attached hydrogens (primary N) is 1. The minimum absolute atomic E-state index is 0.0310. The topological polar surface area (TPSA) is 216 Å². The third-order valence-electron chi connectivity index (χ3n) is 4.99. The van der Waals surface area contributed by atoms with E-state index in [9.17, 15) is 19.1 Å². The van der Waals surface area contributed by atoms with Crippen molar-refractivity contribution >= 4 is 38.6 Å². The Bertz CT molecular complexity index is 1250. The zero-order valence-corrected chi connectivity index (χ0v) is 18.1. The Morgan fingerprint density at radius 1 is 1.38 bits per heavy atom. The number of hydrogen-bond donors (Lipinski definition) is 5. The highest BCUT2D eigenvalue weighted by Gasteiger charge is 2.87. The fourth-order valence-corrected chi connectivity index (χ4v) is 5.40. The molecule has 6 N–H and O–H groups in total. The predicted octanol–water partition coefficient (Wildman–Crippen LogP) is -0.947. The molecule has 1 aliphatic carbocycles. The van der Waals surface area contributed by atoms with Crippen molar-refractivity contribution in [2.45, 2.75) is 29.7 Å². The molecule has 2 aliphatic rings. The molecule has 0 bridgehead atoms. The Labute approximate surface area is 178 Å². The van der Waals surface area contributed by atoms with Gasteiger partial charge in [0, 0.05) is 14.1 Å². The van der Waals surface area contributed by atoms with Gasteiger partial charge in [-0.05, 0) is 0 Å². The summed E-state index contributed by atoms with van der Waals surface area (Å²) in [4.78, 5) is 40.7. The first-order chi connectivity index (χ1) is 14.6. The van der Waals surface area contributed by atoms with E-state index in [4.69, 9.17) is 26.7 Å². The van der Waals surface area contributed by atoms with E-state index in [1.165, 1.54) is 0 Å². The summed E-state index contributed by atoms with van der Waals surface area (Å²) < 4.78 is 53.3. The molecular formula is C14H17FN6O9P2. The molecule has 15 nitrogen and oxygen atoms in total. The average molecular weight is 494 g/mol. The first-order valence-electron chi connectivity index (χ1n) is 8.64. The van der Waals surface area contributed by atoms with Crippen molar-refractivity contribution in [3.63, 3.8) is 0 Å². The maximum Gasteiger partial charge on any atom is 0.481 e. The summed E-state index contributed by atoms with van der Waals surface area (Å²) in [5.74, 6) is 1.93. The molecule has 1 aliphatic heterocycles. The number of imidazole rings is 1. The summed E-state index contributed by atoms with van der Waals surface area (Å²) in [6.07, 6.45) is 1.32. The number of aliphatic hydroxyl groups is 1. The van der Waals surface area contributed by atoms with Crippen molar-refractivity contribution in [3.8, 4) is 12.3 Å². The van der Waals surface area contributed by atoms with Crippen LogP contribution in [0.15, 0.2) is 6.33 Å². The van der Waals surface area contributed by atoms with Crippen molar-refractivity contribution in [1.29, 1.82) is 0 Å². The molecular weight excluding hydrogens is 477 g/mol. The molecule has 3 heterocycles. The van der Waals surface area contributed by atoms with E-state index in [2.05, 4.69) is 23.8 Å². The van der Waals surface area contributed by atoms with E-state index in [1.807, 2.05) is 0 Å². The lowest BCUT2D eigenvalue weighted by Gasteiger charge is -2.30. The molecule has 0 amide bonds. The van der Waals surface area contributed by atoms with Crippen LogP contribution in [-0.2, 0) is 22.7 Å². The molecule has 0 aromatic carbocycles. The quantitative estimate of drug-likeness (QED) is 0.242. The summed E-state index contributed by atoms with van der Waals surface area (Å²) in [7, 11) is -7.52. The number of anilines is 2. The molecule has 174 valence electrons. The van der Waals surface area contributed by atoms with Crippen LogP contribution in [0.2, 0.25) is 0 Å². The van der Waals surface area contributed by atoms with Gasteiger partial charge in [0.15, 0.2) is 28.8 Å². The van der Waals surface area contributed by atoms with Crippen LogP contribution in [-0.4, -0.2) is 76.9 Å². The van der Waals surface area contributed by atoms with Gasteiger partial charge in [-0.25, -0.2) is 18.5 Å². The van der Waals surface area contributed by atoms with Gasteiger partial charge < -0.3 is 35.2 Å². The normalized spacial score (nSPS) is 33.5. The number of rotatable bonds is 6. The fourth-order valence-electron chi connectivity index (χ4n) is 3.61. The summed E-state index contributed by atoms with van der Waals surface area (Å²) >= 11 is 0. The minimum atomic E-state index is -5.44. The van der Waals surface area contributed by atoms with Crippen LogP contribution < -0.4 is 10.6 Å². The molecule has 2 aromatic rings. The third-order valence-corrected chi connectivity index (χ3v) is 7.16. The number of phosphoric ester groups is 1. The van der Waals surface area contributed by atoms with Crippen molar-refractivity contribution in [1.82, 2.24) is 19.5 Å². The van der Waals surface area contributed by atoms with Crippen LogP contribution in [0, 0.1) is 12.3 Å². The van der Waals surface area contributed by atoms with Crippen LogP contribution in [0.5, 0.6) is 0 Å². The highest BCUT2D eigenvalue weighted by atomic mass is 31.3. The van der Waals surface area contributed by atoms with Gasteiger partial charge in [0.25, 0.3) is 0 Å². The molecule has 2 fully saturated rings. The lowest BCUT2D eigenvalue weighted by Crippen LogP contribution is -2.46. The second kappa shape index (κ2) is 6.91. The fraction of sp³-hybridized carbons (Fsp3) is 0.500. The van der Waals surface area contributed by atoms with Gasteiger partial charge in [-0.15, -0.1) is 6.42 Å². The van der Waals surface area contributed by atoms with Gasteiger partial charge in [0.05, 0.1) is 6.33 Å². The molecule has 6 atom stereocenters.